The molecule has 112 valence electrons. The number of nitrogens with one attached hydrogen (secondary N) is 1. The molecule has 0 unspecified atom stereocenters. The summed E-state index contributed by atoms with van der Waals surface area (Å²) in [6.45, 7) is 0.769. The van der Waals surface area contributed by atoms with Gasteiger partial charge in [0.25, 0.3) is 0 Å². The molecule has 4 nitrogen and oxygen atoms in total. The minimum absolute atomic E-state index is 0.0357. The number of hydrogen-bond acceptors (Lipinski definition) is 4. The van der Waals surface area contributed by atoms with E-state index in [0.29, 0.717) is 6.54 Å². The summed E-state index contributed by atoms with van der Waals surface area (Å²) in [6.07, 6.45) is 0.799. The zero-order chi connectivity index (χ0) is 14.9. The van der Waals surface area contributed by atoms with Crippen LogP contribution in [0.3, 0.4) is 0 Å². The normalized spacial score (nSPS) is 18.1. The van der Waals surface area contributed by atoms with E-state index in [-0.39, 0.29) is 18.0 Å². The van der Waals surface area contributed by atoms with Crippen LogP contribution in [0.5, 0.6) is 11.5 Å². The fourth-order valence-corrected chi connectivity index (χ4v) is 3.90. The lowest BCUT2D eigenvalue weighted by atomic mass is 10.1. The first-order valence-electron chi connectivity index (χ1n) is 7.20. The molecule has 0 fully saturated rings. The Morgan fingerprint density at radius 3 is 2.95 bits per heavy atom. The number of amides is 1. The molecule has 2 aromatic rings. The van der Waals surface area contributed by atoms with Gasteiger partial charge in [-0.15, -0.1) is 11.8 Å². The standard InChI is InChI=1S/C17H15NO3S/c19-17(16-8-12-3-1-2-4-15(12)22-16)18-9-11-5-6-13-14(7-11)21-10-20-13/h1-7,16H,8-10H2,(H,18,19)/t16-/m0/s1. The van der Waals surface area contributed by atoms with E-state index in [9.17, 15) is 4.79 Å². The first kappa shape index (κ1) is 13.5. The van der Waals surface area contributed by atoms with Gasteiger partial charge in [0.1, 0.15) is 0 Å². The van der Waals surface area contributed by atoms with Gasteiger partial charge in [0.2, 0.25) is 12.7 Å². The van der Waals surface area contributed by atoms with Crippen LogP contribution in [0.4, 0.5) is 0 Å². The van der Waals surface area contributed by atoms with Gasteiger partial charge >= 0.3 is 0 Å². The molecule has 2 aliphatic rings. The summed E-state index contributed by atoms with van der Waals surface area (Å²) in [6, 6.07) is 13.9. The maximum atomic E-state index is 12.3. The molecule has 1 amide bonds. The summed E-state index contributed by atoms with van der Waals surface area (Å²) in [4.78, 5) is 13.5. The van der Waals surface area contributed by atoms with E-state index in [1.54, 1.807) is 11.8 Å². The fourth-order valence-electron chi connectivity index (χ4n) is 2.68. The molecule has 2 aromatic carbocycles. The van der Waals surface area contributed by atoms with Crippen LogP contribution in [-0.2, 0) is 17.8 Å². The van der Waals surface area contributed by atoms with Gasteiger partial charge in [0.05, 0.1) is 5.25 Å². The third-order valence-corrected chi connectivity index (χ3v) is 5.16. The molecule has 2 heterocycles. The average Bonchev–Trinajstić information content (AvgIpc) is 3.18. The number of carbonyl (C=O) groups excluding carboxylic acids is 1. The van der Waals surface area contributed by atoms with Gasteiger partial charge in [-0.3, -0.25) is 4.79 Å². The van der Waals surface area contributed by atoms with Gasteiger partial charge in [0.15, 0.2) is 11.5 Å². The van der Waals surface area contributed by atoms with Crippen molar-refractivity contribution in [3.63, 3.8) is 0 Å². The average molecular weight is 313 g/mol. The van der Waals surface area contributed by atoms with E-state index < -0.39 is 0 Å². The Hall–Kier alpha value is -2.14. The van der Waals surface area contributed by atoms with Gasteiger partial charge in [-0.05, 0) is 35.7 Å². The molecule has 0 spiro atoms. The second-order valence-electron chi connectivity index (χ2n) is 5.32. The molecule has 2 aliphatic heterocycles. The summed E-state index contributed by atoms with van der Waals surface area (Å²) in [5.41, 5.74) is 2.27. The highest BCUT2D eigenvalue weighted by atomic mass is 32.2. The molecule has 0 aliphatic carbocycles. The minimum Gasteiger partial charge on any atom is -0.454 e. The molecule has 0 bridgehead atoms. The van der Waals surface area contributed by atoms with Crippen molar-refractivity contribution in [2.45, 2.75) is 23.1 Å². The number of fused-ring (bicyclic) bond motifs is 2. The lowest BCUT2D eigenvalue weighted by molar-refractivity contribution is -0.120. The highest BCUT2D eigenvalue weighted by molar-refractivity contribution is 8.01. The van der Waals surface area contributed by atoms with Crippen LogP contribution in [0, 0.1) is 0 Å². The number of rotatable bonds is 3. The Kier molecular flexibility index (Phi) is 3.42. The summed E-state index contributed by atoms with van der Waals surface area (Å²) < 4.78 is 10.6. The van der Waals surface area contributed by atoms with Gasteiger partial charge in [-0.2, -0.15) is 0 Å². The number of thioether (sulfide) groups is 1. The second kappa shape index (κ2) is 5.57. The summed E-state index contributed by atoms with van der Waals surface area (Å²) in [5, 5.41) is 2.98. The zero-order valence-electron chi connectivity index (χ0n) is 11.9. The topological polar surface area (TPSA) is 47.6 Å². The Morgan fingerprint density at radius 1 is 1.18 bits per heavy atom. The van der Waals surface area contributed by atoms with Crippen LogP contribution in [0.15, 0.2) is 47.4 Å². The van der Waals surface area contributed by atoms with Gasteiger partial charge < -0.3 is 14.8 Å². The second-order valence-corrected chi connectivity index (χ2v) is 6.57. The van der Waals surface area contributed by atoms with E-state index in [1.165, 1.54) is 10.5 Å². The molecule has 0 aromatic heterocycles. The van der Waals surface area contributed by atoms with Crippen LogP contribution >= 0.6 is 11.8 Å². The number of carbonyl (C=O) groups is 1. The van der Waals surface area contributed by atoms with Crippen molar-refractivity contribution in [1.82, 2.24) is 5.32 Å². The number of ether oxygens (including phenoxy) is 2. The lowest BCUT2D eigenvalue weighted by Crippen LogP contribution is -2.31. The maximum Gasteiger partial charge on any atom is 0.234 e. The van der Waals surface area contributed by atoms with E-state index in [2.05, 4.69) is 17.4 Å². The van der Waals surface area contributed by atoms with Crippen molar-refractivity contribution in [3.05, 3.63) is 53.6 Å². The molecule has 4 rings (SSSR count). The molecule has 0 saturated heterocycles. The monoisotopic (exact) mass is 313 g/mol. The van der Waals surface area contributed by atoms with Crippen molar-refractivity contribution in [3.8, 4) is 11.5 Å². The highest BCUT2D eigenvalue weighted by Gasteiger charge is 2.27. The first-order chi connectivity index (χ1) is 10.8. The molecular formula is C17H15NO3S. The van der Waals surface area contributed by atoms with Crippen molar-refractivity contribution in [2.75, 3.05) is 6.79 Å². The van der Waals surface area contributed by atoms with Crippen molar-refractivity contribution >= 4 is 17.7 Å². The SMILES string of the molecule is O=C(NCc1ccc2c(c1)OCO2)[C@@H]1Cc2ccccc2S1. The number of hydrogen-bond donors (Lipinski definition) is 1. The van der Waals surface area contributed by atoms with Crippen LogP contribution < -0.4 is 14.8 Å². The summed E-state index contributed by atoms with van der Waals surface area (Å²) in [7, 11) is 0. The van der Waals surface area contributed by atoms with E-state index >= 15 is 0 Å². The van der Waals surface area contributed by atoms with Crippen LogP contribution in [-0.4, -0.2) is 18.0 Å². The maximum absolute atomic E-state index is 12.3. The molecule has 22 heavy (non-hydrogen) atoms. The van der Waals surface area contributed by atoms with Crippen LogP contribution in [0.25, 0.3) is 0 Å². The van der Waals surface area contributed by atoms with Crippen LogP contribution in [0.2, 0.25) is 0 Å². The Morgan fingerprint density at radius 2 is 2.05 bits per heavy atom. The Bertz CT molecular complexity index is 707. The third kappa shape index (κ3) is 2.52. The lowest BCUT2D eigenvalue weighted by Gasteiger charge is -2.10. The molecular weight excluding hydrogens is 298 g/mol. The van der Waals surface area contributed by atoms with Crippen molar-refractivity contribution in [1.29, 1.82) is 0 Å². The fraction of sp³-hybridized carbons (Fsp3) is 0.235. The van der Waals surface area contributed by atoms with E-state index in [0.717, 1.165) is 23.5 Å². The van der Waals surface area contributed by atoms with Gasteiger partial charge in [-0.1, -0.05) is 24.3 Å². The predicted molar refractivity (Wildman–Crippen MR) is 84.2 cm³/mol. The molecule has 0 radical (unpaired) electrons. The van der Waals surface area contributed by atoms with Crippen molar-refractivity contribution in [2.24, 2.45) is 0 Å². The Labute approximate surface area is 132 Å². The van der Waals surface area contributed by atoms with E-state index in [1.807, 2.05) is 30.3 Å². The van der Waals surface area contributed by atoms with Crippen molar-refractivity contribution < 1.29 is 14.3 Å². The summed E-state index contributed by atoms with van der Waals surface area (Å²) in [5.74, 6) is 1.59. The third-order valence-electron chi connectivity index (χ3n) is 3.84. The smallest absolute Gasteiger partial charge is 0.234 e. The van der Waals surface area contributed by atoms with Gasteiger partial charge in [0, 0.05) is 11.4 Å². The minimum atomic E-state index is -0.0357. The van der Waals surface area contributed by atoms with Crippen LogP contribution in [0.1, 0.15) is 11.1 Å². The Balaban J connectivity index is 1.37. The highest BCUT2D eigenvalue weighted by Crippen LogP contribution is 2.37. The van der Waals surface area contributed by atoms with Gasteiger partial charge in [-0.25, -0.2) is 0 Å². The summed E-state index contributed by atoms with van der Waals surface area (Å²) >= 11 is 1.64. The molecule has 1 atom stereocenters. The number of benzene rings is 2. The van der Waals surface area contributed by atoms with E-state index in [4.69, 9.17) is 9.47 Å². The first-order valence-corrected chi connectivity index (χ1v) is 8.08. The molecule has 5 heteroatoms. The predicted octanol–water partition coefficient (Wildman–Crippen LogP) is 2.75. The molecule has 0 saturated carbocycles. The quantitative estimate of drug-likeness (QED) is 0.946. The largest absolute Gasteiger partial charge is 0.454 e. The molecule has 1 N–H and O–H groups in total. The zero-order valence-corrected chi connectivity index (χ0v) is 12.7.